The van der Waals surface area contributed by atoms with E-state index in [4.69, 9.17) is 4.74 Å². The van der Waals surface area contributed by atoms with Crippen molar-refractivity contribution in [3.05, 3.63) is 47.8 Å². The number of benzene rings is 1. The summed E-state index contributed by atoms with van der Waals surface area (Å²) in [5.41, 5.74) is 2.71. The molecular weight excluding hydrogens is 364 g/mol. The normalized spacial score (nSPS) is 18.9. The monoisotopic (exact) mass is 400 g/mol. The number of aliphatic hydroxyl groups excluding tert-OH is 1. The zero-order valence-electron chi connectivity index (χ0n) is 18.3. The summed E-state index contributed by atoms with van der Waals surface area (Å²) in [4.78, 5) is 5.07. The van der Waals surface area contributed by atoms with Crippen molar-refractivity contribution in [1.82, 2.24) is 19.6 Å². The molecule has 1 aliphatic heterocycles. The van der Waals surface area contributed by atoms with Crippen molar-refractivity contribution in [3.63, 3.8) is 0 Å². The van der Waals surface area contributed by atoms with E-state index in [0.29, 0.717) is 12.6 Å². The van der Waals surface area contributed by atoms with E-state index in [-0.39, 0.29) is 12.0 Å². The molecule has 0 spiro atoms. The number of hydrogen-bond acceptors (Lipinski definition) is 5. The number of ether oxygens (including phenoxy) is 1. The Bertz CT molecular complexity index is 755. The van der Waals surface area contributed by atoms with Crippen LogP contribution in [0.15, 0.2) is 36.7 Å². The topological polar surface area (TPSA) is 53.8 Å². The van der Waals surface area contributed by atoms with Gasteiger partial charge in [-0.15, -0.1) is 0 Å². The van der Waals surface area contributed by atoms with Gasteiger partial charge in [0.2, 0.25) is 0 Å². The Hall–Kier alpha value is -1.89. The first-order valence-electron chi connectivity index (χ1n) is 10.6. The predicted molar refractivity (Wildman–Crippen MR) is 116 cm³/mol. The van der Waals surface area contributed by atoms with E-state index in [1.54, 1.807) is 13.3 Å². The molecule has 1 saturated heterocycles. The Labute approximate surface area is 175 Å². The summed E-state index contributed by atoms with van der Waals surface area (Å²) in [7, 11) is 1.72. The molecule has 1 N–H and O–H groups in total. The fraction of sp³-hybridized carbons (Fsp3) is 0.609. The van der Waals surface area contributed by atoms with Crippen molar-refractivity contribution < 1.29 is 9.84 Å². The molecule has 0 saturated carbocycles. The van der Waals surface area contributed by atoms with Crippen LogP contribution >= 0.6 is 0 Å². The largest absolute Gasteiger partial charge is 0.496 e. The molecule has 1 unspecified atom stereocenters. The van der Waals surface area contributed by atoms with Crippen LogP contribution in [0, 0.1) is 5.41 Å². The van der Waals surface area contributed by atoms with Gasteiger partial charge in [-0.05, 0) is 35.6 Å². The average Bonchev–Trinajstić information content (AvgIpc) is 3.16. The predicted octanol–water partition coefficient (Wildman–Crippen LogP) is 2.85. The molecule has 1 aromatic carbocycles. The summed E-state index contributed by atoms with van der Waals surface area (Å²) in [6, 6.07) is 8.82. The molecule has 1 aliphatic rings. The van der Waals surface area contributed by atoms with Crippen LogP contribution in [0.4, 0.5) is 0 Å². The van der Waals surface area contributed by atoms with Gasteiger partial charge in [-0.3, -0.25) is 14.5 Å². The molecule has 6 nitrogen and oxygen atoms in total. The van der Waals surface area contributed by atoms with Gasteiger partial charge in [-0.1, -0.05) is 26.8 Å². The molecule has 1 aromatic heterocycles. The number of aromatic nitrogens is 2. The number of nitrogens with zero attached hydrogens (tertiary/aromatic N) is 4. The molecule has 3 rings (SSSR count). The van der Waals surface area contributed by atoms with Crippen LogP contribution in [0.1, 0.15) is 38.3 Å². The lowest BCUT2D eigenvalue weighted by Crippen LogP contribution is -2.54. The summed E-state index contributed by atoms with van der Waals surface area (Å²) in [5.74, 6) is 0.900. The Balaban J connectivity index is 1.67. The number of methoxy groups -OCH3 is 1. The quantitative estimate of drug-likeness (QED) is 0.738. The number of piperazine rings is 1. The lowest BCUT2D eigenvalue weighted by molar-refractivity contribution is 0.0340. The molecule has 0 radical (unpaired) electrons. The standard InChI is InChI=1S/C23H36N4O2/c1-23(2,3)18-26-12-11-25(17-21(26)8-13-28)15-19-6-7-22(29-4)20(14-19)16-27-10-5-9-24-27/h5-7,9-10,14,21,28H,8,11-13,15-18H2,1-4H3. The third kappa shape index (κ3) is 6.29. The third-order valence-electron chi connectivity index (χ3n) is 5.47. The first-order chi connectivity index (χ1) is 13.9. The highest BCUT2D eigenvalue weighted by Gasteiger charge is 2.29. The van der Waals surface area contributed by atoms with Crippen LogP contribution in [-0.2, 0) is 13.1 Å². The fourth-order valence-electron chi connectivity index (χ4n) is 4.22. The van der Waals surface area contributed by atoms with E-state index < -0.39 is 0 Å². The van der Waals surface area contributed by atoms with Gasteiger partial charge in [-0.25, -0.2) is 0 Å². The van der Waals surface area contributed by atoms with Gasteiger partial charge >= 0.3 is 0 Å². The van der Waals surface area contributed by atoms with E-state index in [9.17, 15) is 5.11 Å². The Morgan fingerprint density at radius 2 is 2.03 bits per heavy atom. The van der Waals surface area contributed by atoms with Crippen LogP contribution in [-0.4, -0.2) is 70.6 Å². The van der Waals surface area contributed by atoms with Crippen LogP contribution < -0.4 is 4.74 Å². The molecule has 0 bridgehead atoms. The van der Waals surface area contributed by atoms with E-state index in [2.05, 4.69) is 53.9 Å². The summed E-state index contributed by atoms with van der Waals surface area (Å²) in [6.07, 6.45) is 4.61. The van der Waals surface area contributed by atoms with Crippen molar-refractivity contribution in [3.8, 4) is 5.75 Å². The minimum Gasteiger partial charge on any atom is -0.496 e. The summed E-state index contributed by atoms with van der Waals surface area (Å²) in [6.45, 7) is 12.9. The van der Waals surface area contributed by atoms with Crippen molar-refractivity contribution in [2.45, 2.75) is 46.3 Å². The smallest absolute Gasteiger partial charge is 0.123 e. The minimum atomic E-state index is 0.246. The highest BCUT2D eigenvalue weighted by molar-refractivity contribution is 5.37. The highest BCUT2D eigenvalue weighted by Crippen LogP contribution is 2.24. The second-order valence-electron chi connectivity index (χ2n) is 9.28. The zero-order valence-corrected chi connectivity index (χ0v) is 18.3. The summed E-state index contributed by atoms with van der Waals surface area (Å²) >= 11 is 0. The maximum Gasteiger partial charge on any atom is 0.123 e. The molecule has 2 heterocycles. The maximum atomic E-state index is 9.56. The number of hydrogen-bond donors (Lipinski definition) is 1. The lowest BCUT2D eigenvalue weighted by atomic mass is 9.94. The minimum absolute atomic E-state index is 0.246. The highest BCUT2D eigenvalue weighted by atomic mass is 16.5. The van der Waals surface area contributed by atoms with Crippen LogP contribution in [0.3, 0.4) is 0 Å². The van der Waals surface area contributed by atoms with Gasteiger partial charge in [0.05, 0.1) is 13.7 Å². The maximum absolute atomic E-state index is 9.56. The van der Waals surface area contributed by atoms with E-state index in [1.807, 2.05) is 16.9 Å². The Morgan fingerprint density at radius 3 is 2.69 bits per heavy atom. The van der Waals surface area contributed by atoms with Crippen molar-refractivity contribution >= 4 is 0 Å². The van der Waals surface area contributed by atoms with E-state index in [0.717, 1.165) is 50.5 Å². The van der Waals surface area contributed by atoms with Crippen molar-refractivity contribution in [2.24, 2.45) is 5.41 Å². The molecule has 1 atom stereocenters. The van der Waals surface area contributed by atoms with Gasteiger partial charge in [0.1, 0.15) is 5.75 Å². The van der Waals surface area contributed by atoms with Crippen molar-refractivity contribution in [1.29, 1.82) is 0 Å². The first-order valence-corrected chi connectivity index (χ1v) is 10.6. The molecule has 0 aliphatic carbocycles. The lowest BCUT2D eigenvalue weighted by Gasteiger charge is -2.44. The number of aliphatic hydroxyl groups is 1. The molecule has 160 valence electrons. The molecule has 6 heteroatoms. The SMILES string of the molecule is COc1ccc(CN2CCN(CC(C)(C)C)C(CCO)C2)cc1Cn1cccn1. The van der Waals surface area contributed by atoms with Crippen LogP contribution in [0.5, 0.6) is 5.75 Å². The van der Waals surface area contributed by atoms with Crippen molar-refractivity contribution in [2.75, 3.05) is 39.9 Å². The molecule has 1 fully saturated rings. The first kappa shape index (κ1) is 21.8. The van der Waals surface area contributed by atoms with E-state index in [1.165, 1.54) is 5.56 Å². The second kappa shape index (κ2) is 9.74. The average molecular weight is 401 g/mol. The fourth-order valence-corrected chi connectivity index (χ4v) is 4.22. The summed E-state index contributed by atoms with van der Waals surface area (Å²) < 4.78 is 7.48. The molecule has 29 heavy (non-hydrogen) atoms. The van der Waals surface area contributed by atoms with Gasteiger partial charge in [-0.2, -0.15) is 5.10 Å². The van der Waals surface area contributed by atoms with Gasteiger partial charge < -0.3 is 9.84 Å². The zero-order chi connectivity index (χ0) is 20.9. The van der Waals surface area contributed by atoms with Gasteiger partial charge in [0.15, 0.2) is 0 Å². The van der Waals surface area contributed by atoms with Crippen LogP contribution in [0.2, 0.25) is 0 Å². The Kier molecular flexibility index (Phi) is 7.33. The Morgan fingerprint density at radius 1 is 1.21 bits per heavy atom. The summed E-state index contributed by atoms with van der Waals surface area (Å²) in [5, 5.41) is 13.9. The van der Waals surface area contributed by atoms with Gasteiger partial charge in [0, 0.05) is 63.3 Å². The second-order valence-corrected chi connectivity index (χ2v) is 9.28. The molecule has 2 aromatic rings. The molecular formula is C23H36N4O2. The van der Waals surface area contributed by atoms with Crippen LogP contribution in [0.25, 0.3) is 0 Å². The van der Waals surface area contributed by atoms with E-state index >= 15 is 0 Å². The third-order valence-corrected chi connectivity index (χ3v) is 5.47. The number of rotatable bonds is 8. The molecule has 0 amide bonds. The van der Waals surface area contributed by atoms with Gasteiger partial charge in [0.25, 0.3) is 0 Å².